The number of hydrogen-bond donors (Lipinski definition) is 2. The molecule has 0 radical (unpaired) electrons. The monoisotopic (exact) mass is 315 g/mol. The number of amides is 1. The van der Waals surface area contributed by atoms with Crippen molar-refractivity contribution >= 4 is 11.9 Å². The summed E-state index contributed by atoms with van der Waals surface area (Å²) in [5, 5.41) is 11.5. The molecule has 0 saturated carbocycles. The number of ether oxygens (including phenoxy) is 1. The van der Waals surface area contributed by atoms with Gasteiger partial charge in [-0.15, -0.1) is 0 Å². The maximum absolute atomic E-state index is 12.2. The summed E-state index contributed by atoms with van der Waals surface area (Å²) in [4.78, 5) is 22.9. The molecule has 1 aromatic carbocycles. The highest BCUT2D eigenvalue weighted by molar-refractivity contribution is 5.94. The molecule has 0 aliphatic carbocycles. The van der Waals surface area contributed by atoms with Crippen LogP contribution in [0.5, 0.6) is 5.75 Å². The highest BCUT2D eigenvalue weighted by Gasteiger charge is 2.30. The second-order valence-electron chi connectivity index (χ2n) is 6.11. The van der Waals surface area contributed by atoms with Gasteiger partial charge in [-0.2, -0.15) is 0 Å². The Bertz CT molecular complexity index is 775. The quantitative estimate of drug-likeness (QED) is 0.905. The zero-order valence-electron chi connectivity index (χ0n) is 12.9. The lowest BCUT2D eigenvalue weighted by Crippen LogP contribution is -2.24. The molecule has 0 saturated heterocycles. The second-order valence-corrected chi connectivity index (χ2v) is 6.11. The van der Waals surface area contributed by atoms with Crippen molar-refractivity contribution in [3.63, 3.8) is 0 Å². The van der Waals surface area contributed by atoms with Gasteiger partial charge in [0.05, 0.1) is 6.54 Å². The molecule has 0 bridgehead atoms. The number of carbonyl (C=O) groups excluding carboxylic acids is 1. The van der Waals surface area contributed by atoms with Gasteiger partial charge in [0.1, 0.15) is 17.1 Å². The average Bonchev–Trinajstić information content (AvgIpc) is 3.06. The lowest BCUT2D eigenvalue weighted by atomic mass is 10.0. The normalized spacial score (nSPS) is 14.9. The van der Waals surface area contributed by atoms with Crippen LogP contribution in [0.1, 0.15) is 46.1 Å². The fourth-order valence-corrected chi connectivity index (χ4v) is 2.59. The highest BCUT2D eigenvalue weighted by Crippen LogP contribution is 2.35. The van der Waals surface area contributed by atoms with Gasteiger partial charge >= 0.3 is 5.97 Å². The minimum Gasteiger partial charge on any atom is -0.487 e. The van der Waals surface area contributed by atoms with Crippen molar-refractivity contribution in [3.8, 4) is 5.75 Å². The van der Waals surface area contributed by atoms with Gasteiger partial charge < -0.3 is 19.6 Å². The lowest BCUT2D eigenvalue weighted by Gasteiger charge is -2.16. The summed E-state index contributed by atoms with van der Waals surface area (Å²) in [6.45, 7) is 4.13. The van der Waals surface area contributed by atoms with E-state index < -0.39 is 5.97 Å². The number of benzene rings is 1. The van der Waals surface area contributed by atoms with Gasteiger partial charge in [-0.1, -0.05) is 6.07 Å². The highest BCUT2D eigenvalue weighted by atomic mass is 16.5. The van der Waals surface area contributed by atoms with Crippen LogP contribution in [0.15, 0.2) is 34.7 Å². The Morgan fingerprint density at radius 3 is 2.74 bits per heavy atom. The van der Waals surface area contributed by atoms with E-state index in [4.69, 9.17) is 14.3 Å². The number of rotatable bonds is 4. The van der Waals surface area contributed by atoms with Crippen LogP contribution in [0, 0.1) is 0 Å². The number of carbonyl (C=O) groups is 2. The standard InChI is InChI=1S/C17H17NO5/c1-17(2)8-11-4-3-10(7-14(11)23-17)15(19)18-9-12-5-6-13(22-12)16(20)21/h3-7H,8-9H2,1-2H3,(H,18,19)(H,20,21). The first-order valence-corrected chi connectivity index (χ1v) is 7.26. The Kier molecular flexibility index (Phi) is 3.60. The van der Waals surface area contributed by atoms with Crippen molar-refractivity contribution in [1.29, 1.82) is 0 Å². The largest absolute Gasteiger partial charge is 0.487 e. The summed E-state index contributed by atoms with van der Waals surface area (Å²) in [5.74, 6) is -0.444. The molecule has 3 rings (SSSR count). The van der Waals surface area contributed by atoms with Crippen molar-refractivity contribution < 1.29 is 23.8 Å². The zero-order chi connectivity index (χ0) is 16.6. The topological polar surface area (TPSA) is 88.8 Å². The SMILES string of the molecule is CC1(C)Cc2ccc(C(=O)NCc3ccc(C(=O)O)o3)cc2O1. The van der Waals surface area contributed by atoms with Crippen LogP contribution in [0.3, 0.4) is 0 Å². The summed E-state index contributed by atoms with van der Waals surface area (Å²) in [7, 11) is 0. The average molecular weight is 315 g/mol. The number of hydrogen-bond acceptors (Lipinski definition) is 4. The third kappa shape index (κ3) is 3.21. The summed E-state index contributed by atoms with van der Waals surface area (Å²) >= 11 is 0. The van der Waals surface area contributed by atoms with E-state index in [1.54, 1.807) is 12.1 Å². The number of carboxylic acids is 1. The molecule has 1 amide bonds. The third-order valence-corrected chi connectivity index (χ3v) is 3.63. The molecule has 1 aliphatic heterocycles. The summed E-state index contributed by atoms with van der Waals surface area (Å²) in [6, 6.07) is 8.26. The maximum atomic E-state index is 12.2. The molecular weight excluding hydrogens is 298 g/mol. The first kappa shape index (κ1) is 15.1. The molecule has 6 nitrogen and oxygen atoms in total. The Morgan fingerprint density at radius 2 is 2.04 bits per heavy atom. The van der Waals surface area contributed by atoms with Crippen molar-refractivity contribution in [2.75, 3.05) is 0 Å². The molecule has 23 heavy (non-hydrogen) atoms. The predicted molar refractivity (Wildman–Crippen MR) is 81.7 cm³/mol. The molecular formula is C17H17NO5. The van der Waals surface area contributed by atoms with Crippen LogP contribution in [-0.2, 0) is 13.0 Å². The molecule has 6 heteroatoms. The van der Waals surface area contributed by atoms with E-state index in [0.29, 0.717) is 11.3 Å². The first-order chi connectivity index (χ1) is 10.8. The van der Waals surface area contributed by atoms with Crippen LogP contribution >= 0.6 is 0 Å². The van der Waals surface area contributed by atoms with Crippen LogP contribution in [0.25, 0.3) is 0 Å². The Morgan fingerprint density at radius 1 is 1.26 bits per heavy atom. The van der Waals surface area contributed by atoms with Gasteiger partial charge in [0.25, 0.3) is 5.91 Å². The van der Waals surface area contributed by atoms with Gasteiger partial charge in [0, 0.05) is 12.0 Å². The van der Waals surface area contributed by atoms with E-state index in [0.717, 1.165) is 17.7 Å². The van der Waals surface area contributed by atoms with Crippen LogP contribution in [-0.4, -0.2) is 22.6 Å². The first-order valence-electron chi connectivity index (χ1n) is 7.26. The van der Waals surface area contributed by atoms with Gasteiger partial charge in [-0.05, 0) is 43.7 Å². The number of nitrogens with one attached hydrogen (secondary N) is 1. The van der Waals surface area contributed by atoms with Crippen molar-refractivity contribution in [3.05, 3.63) is 53.0 Å². The van der Waals surface area contributed by atoms with E-state index in [2.05, 4.69) is 5.32 Å². The molecule has 120 valence electrons. The van der Waals surface area contributed by atoms with Crippen LogP contribution in [0.2, 0.25) is 0 Å². The summed E-state index contributed by atoms with van der Waals surface area (Å²) < 4.78 is 10.9. The number of fused-ring (bicyclic) bond motifs is 1. The Hall–Kier alpha value is -2.76. The molecule has 0 atom stereocenters. The van der Waals surface area contributed by atoms with E-state index in [-0.39, 0.29) is 23.8 Å². The fraction of sp³-hybridized carbons (Fsp3) is 0.294. The van der Waals surface area contributed by atoms with Crippen molar-refractivity contribution in [2.24, 2.45) is 0 Å². The molecule has 2 heterocycles. The van der Waals surface area contributed by atoms with Crippen LogP contribution in [0.4, 0.5) is 0 Å². The van der Waals surface area contributed by atoms with Gasteiger partial charge in [0.2, 0.25) is 5.76 Å². The molecule has 1 aliphatic rings. The molecule has 2 aromatic rings. The Balaban J connectivity index is 1.66. The Labute approximate surface area is 133 Å². The number of carboxylic acid groups (broad SMARTS) is 1. The lowest BCUT2D eigenvalue weighted by molar-refractivity contribution is 0.0660. The van der Waals surface area contributed by atoms with Gasteiger partial charge in [-0.3, -0.25) is 4.79 Å². The molecule has 0 fully saturated rings. The van der Waals surface area contributed by atoms with Gasteiger partial charge in [-0.25, -0.2) is 4.79 Å². The zero-order valence-corrected chi connectivity index (χ0v) is 12.9. The minimum atomic E-state index is -1.14. The van der Waals surface area contributed by atoms with Gasteiger partial charge in [0.15, 0.2) is 0 Å². The summed E-state index contributed by atoms with van der Waals surface area (Å²) in [6.07, 6.45) is 0.814. The van der Waals surface area contributed by atoms with E-state index in [1.165, 1.54) is 12.1 Å². The third-order valence-electron chi connectivity index (χ3n) is 3.63. The van der Waals surface area contributed by atoms with E-state index in [1.807, 2.05) is 19.9 Å². The number of aromatic carboxylic acids is 1. The van der Waals surface area contributed by atoms with E-state index in [9.17, 15) is 9.59 Å². The van der Waals surface area contributed by atoms with Crippen molar-refractivity contribution in [1.82, 2.24) is 5.32 Å². The predicted octanol–water partition coefficient (Wildman–Crippen LogP) is 2.62. The molecule has 1 aromatic heterocycles. The number of furan rings is 1. The maximum Gasteiger partial charge on any atom is 0.371 e. The minimum absolute atomic E-state index is 0.121. The smallest absolute Gasteiger partial charge is 0.371 e. The van der Waals surface area contributed by atoms with E-state index >= 15 is 0 Å². The molecule has 2 N–H and O–H groups in total. The second kappa shape index (κ2) is 5.46. The molecule has 0 spiro atoms. The fourth-order valence-electron chi connectivity index (χ4n) is 2.59. The van der Waals surface area contributed by atoms with Crippen LogP contribution < -0.4 is 10.1 Å². The summed E-state index contributed by atoms with van der Waals surface area (Å²) in [5.41, 5.74) is 1.33. The molecule has 0 unspecified atom stereocenters. The van der Waals surface area contributed by atoms with Crippen molar-refractivity contribution in [2.45, 2.75) is 32.4 Å².